The Labute approximate surface area is 138 Å². The van der Waals surface area contributed by atoms with Crippen LogP contribution in [-0.2, 0) is 0 Å². The Kier molecular flexibility index (Phi) is 4.07. The molecule has 0 atom stereocenters. The predicted octanol–water partition coefficient (Wildman–Crippen LogP) is 5.98. The van der Waals surface area contributed by atoms with E-state index in [-0.39, 0.29) is 0 Å². The molecular formula is C22H23N. The van der Waals surface area contributed by atoms with Crippen LogP contribution in [0, 0.1) is 11.8 Å². The number of nitrogens with one attached hydrogen (secondary N) is 1. The summed E-state index contributed by atoms with van der Waals surface area (Å²) in [4.78, 5) is 3.59. The summed E-state index contributed by atoms with van der Waals surface area (Å²) in [6, 6.07) is 8.71. The molecule has 1 heterocycles. The number of H-pyrrole nitrogens is 1. The Morgan fingerprint density at radius 3 is 2.52 bits per heavy atom. The molecule has 1 heteroatoms. The highest BCUT2D eigenvalue weighted by atomic mass is 14.7. The zero-order valence-corrected chi connectivity index (χ0v) is 13.6. The SMILES string of the molecule is C(#Cc1cccc2[nH]c(C3=CCCCC3)cc12)C1=CCCCC1. The minimum atomic E-state index is 1.15. The van der Waals surface area contributed by atoms with Gasteiger partial charge in [-0.3, -0.25) is 0 Å². The minimum absolute atomic E-state index is 1.15. The van der Waals surface area contributed by atoms with Crippen molar-refractivity contribution in [2.45, 2.75) is 51.4 Å². The van der Waals surface area contributed by atoms with Gasteiger partial charge in [-0.15, -0.1) is 0 Å². The molecule has 0 bridgehead atoms. The summed E-state index contributed by atoms with van der Waals surface area (Å²) in [5.74, 6) is 6.82. The van der Waals surface area contributed by atoms with Crippen molar-refractivity contribution in [1.82, 2.24) is 4.98 Å². The maximum atomic E-state index is 3.59. The van der Waals surface area contributed by atoms with Crippen LogP contribution in [0.3, 0.4) is 0 Å². The fraction of sp³-hybridized carbons (Fsp3) is 0.364. The van der Waals surface area contributed by atoms with Gasteiger partial charge >= 0.3 is 0 Å². The Morgan fingerprint density at radius 1 is 0.870 bits per heavy atom. The smallest absolute Gasteiger partial charge is 0.0471 e. The fourth-order valence-corrected chi connectivity index (χ4v) is 3.62. The van der Waals surface area contributed by atoms with Crippen LogP contribution in [-0.4, -0.2) is 4.98 Å². The molecule has 1 aromatic heterocycles. The zero-order valence-electron chi connectivity index (χ0n) is 13.6. The highest BCUT2D eigenvalue weighted by Crippen LogP contribution is 2.29. The summed E-state index contributed by atoms with van der Waals surface area (Å²) >= 11 is 0. The number of allylic oxidation sites excluding steroid dienone is 4. The van der Waals surface area contributed by atoms with E-state index in [4.69, 9.17) is 0 Å². The first kappa shape index (κ1) is 14.4. The minimum Gasteiger partial charge on any atom is -0.355 e. The predicted molar refractivity (Wildman–Crippen MR) is 98.2 cm³/mol. The van der Waals surface area contributed by atoms with Gasteiger partial charge in [-0.1, -0.05) is 30.1 Å². The van der Waals surface area contributed by atoms with Crippen molar-refractivity contribution in [1.29, 1.82) is 0 Å². The molecule has 1 nitrogen and oxygen atoms in total. The number of fused-ring (bicyclic) bond motifs is 1. The molecule has 0 fully saturated rings. The number of hydrogen-bond donors (Lipinski definition) is 1. The van der Waals surface area contributed by atoms with E-state index in [1.165, 1.54) is 72.7 Å². The van der Waals surface area contributed by atoms with Crippen LogP contribution < -0.4 is 0 Å². The highest BCUT2D eigenvalue weighted by Gasteiger charge is 2.10. The summed E-state index contributed by atoms with van der Waals surface area (Å²) in [6.45, 7) is 0. The Hall–Kier alpha value is -2.20. The van der Waals surface area contributed by atoms with E-state index >= 15 is 0 Å². The first-order valence-corrected chi connectivity index (χ1v) is 8.92. The molecule has 0 unspecified atom stereocenters. The normalized spacial score (nSPS) is 18.1. The average molecular weight is 301 g/mol. The van der Waals surface area contributed by atoms with E-state index in [9.17, 15) is 0 Å². The molecule has 0 saturated carbocycles. The van der Waals surface area contributed by atoms with Crippen LogP contribution in [0.4, 0.5) is 0 Å². The van der Waals surface area contributed by atoms with Gasteiger partial charge in [0.15, 0.2) is 0 Å². The van der Waals surface area contributed by atoms with Gasteiger partial charge in [-0.2, -0.15) is 0 Å². The van der Waals surface area contributed by atoms with E-state index in [1.54, 1.807) is 0 Å². The van der Waals surface area contributed by atoms with E-state index in [0.717, 1.165) is 12.0 Å². The van der Waals surface area contributed by atoms with Crippen LogP contribution in [0.1, 0.15) is 62.6 Å². The second kappa shape index (κ2) is 6.50. The lowest BCUT2D eigenvalue weighted by Gasteiger charge is -2.10. The fourth-order valence-electron chi connectivity index (χ4n) is 3.62. The molecule has 1 aromatic carbocycles. The molecule has 2 aliphatic rings. The van der Waals surface area contributed by atoms with Crippen LogP contribution in [0.25, 0.3) is 16.5 Å². The molecule has 1 N–H and O–H groups in total. The molecule has 2 aromatic rings. The van der Waals surface area contributed by atoms with Crippen LogP contribution in [0.5, 0.6) is 0 Å². The maximum absolute atomic E-state index is 3.59. The van der Waals surface area contributed by atoms with E-state index in [1.807, 2.05) is 0 Å². The molecule has 0 saturated heterocycles. The van der Waals surface area contributed by atoms with Crippen molar-refractivity contribution in [2.75, 3.05) is 0 Å². The molecule has 0 radical (unpaired) electrons. The summed E-state index contributed by atoms with van der Waals surface area (Å²) < 4.78 is 0. The van der Waals surface area contributed by atoms with Gasteiger partial charge in [-0.05, 0) is 80.7 Å². The molecule has 0 spiro atoms. The summed E-state index contributed by atoms with van der Waals surface area (Å²) in [5.41, 5.74) is 6.43. The third-order valence-electron chi connectivity index (χ3n) is 4.95. The number of hydrogen-bond acceptors (Lipinski definition) is 0. The molecule has 116 valence electrons. The highest BCUT2D eigenvalue weighted by molar-refractivity contribution is 5.89. The third kappa shape index (κ3) is 3.13. The van der Waals surface area contributed by atoms with Gasteiger partial charge < -0.3 is 4.98 Å². The second-order valence-electron chi connectivity index (χ2n) is 6.65. The lowest BCUT2D eigenvalue weighted by Crippen LogP contribution is -1.91. The molecule has 0 aliphatic heterocycles. The standard InChI is InChI=1S/C22H23N/c1-3-8-17(9-4-1)14-15-18-12-7-13-21-20(18)16-22(23-21)19-10-5-2-6-11-19/h7-8,10,12-13,16,23H,1-6,9,11H2. The van der Waals surface area contributed by atoms with Gasteiger partial charge in [-0.25, -0.2) is 0 Å². The monoisotopic (exact) mass is 301 g/mol. The summed E-state index contributed by atoms with van der Waals surface area (Å²) in [5, 5.41) is 1.26. The molecule has 23 heavy (non-hydrogen) atoms. The zero-order chi connectivity index (χ0) is 15.5. The third-order valence-corrected chi connectivity index (χ3v) is 4.95. The number of rotatable bonds is 1. The van der Waals surface area contributed by atoms with Gasteiger partial charge in [0.1, 0.15) is 0 Å². The molecule has 2 aliphatic carbocycles. The van der Waals surface area contributed by atoms with Crippen molar-refractivity contribution in [3.05, 3.63) is 53.2 Å². The lowest BCUT2D eigenvalue weighted by atomic mass is 9.97. The Balaban J connectivity index is 1.70. The molecule has 0 amide bonds. The lowest BCUT2D eigenvalue weighted by molar-refractivity contribution is 0.715. The Morgan fingerprint density at radius 2 is 1.74 bits per heavy atom. The van der Waals surface area contributed by atoms with E-state index < -0.39 is 0 Å². The molecular weight excluding hydrogens is 278 g/mol. The maximum Gasteiger partial charge on any atom is 0.0471 e. The van der Waals surface area contributed by atoms with Gasteiger partial charge in [0, 0.05) is 22.2 Å². The summed E-state index contributed by atoms with van der Waals surface area (Å²) in [7, 11) is 0. The van der Waals surface area contributed by atoms with E-state index in [2.05, 4.69) is 53.2 Å². The second-order valence-corrected chi connectivity index (χ2v) is 6.65. The average Bonchev–Trinajstić information content (AvgIpc) is 3.06. The van der Waals surface area contributed by atoms with Gasteiger partial charge in [0.2, 0.25) is 0 Å². The largest absolute Gasteiger partial charge is 0.355 e. The van der Waals surface area contributed by atoms with Crippen molar-refractivity contribution in [3.63, 3.8) is 0 Å². The Bertz CT molecular complexity index is 836. The van der Waals surface area contributed by atoms with Gasteiger partial charge in [0.05, 0.1) is 0 Å². The number of aromatic nitrogens is 1. The molecule has 4 rings (SSSR count). The number of aromatic amines is 1. The first-order valence-electron chi connectivity index (χ1n) is 8.92. The van der Waals surface area contributed by atoms with Crippen molar-refractivity contribution in [2.24, 2.45) is 0 Å². The van der Waals surface area contributed by atoms with Crippen LogP contribution >= 0.6 is 0 Å². The number of benzene rings is 1. The topological polar surface area (TPSA) is 15.8 Å². The quantitative estimate of drug-likeness (QED) is 0.624. The van der Waals surface area contributed by atoms with Gasteiger partial charge in [0.25, 0.3) is 0 Å². The van der Waals surface area contributed by atoms with E-state index in [0.29, 0.717) is 0 Å². The van der Waals surface area contributed by atoms with Crippen LogP contribution in [0.15, 0.2) is 42.0 Å². The summed E-state index contributed by atoms with van der Waals surface area (Å²) in [6.07, 6.45) is 14.7. The van der Waals surface area contributed by atoms with Crippen molar-refractivity contribution >= 4 is 16.5 Å². The van der Waals surface area contributed by atoms with Crippen molar-refractivity contribution < 1.29 is 0 Å². The first-order chi connectivity index (χ1) is 11.4. The van der Waals surface area contributed by atoms with Crippen LogP contribution in [0.2, 0.25) is 0 Å². The van der Waals surface area contributed by atoms with Crippen molar-refractivity contribution in [3.8, 4) is 11.8 Å².